The van der Waals surface area contributed by atoms with Gasteiger partial charge in [0.05, 0.1) is 12.2 Å². The first-order valence-electron chi connectivity index (χ1n) is 7.84. The Morgan fingerprint density at radius 2 is 2.00 bits per heavy atom. The molecule has 1 aliphatic carbocycles. The summed E-state index contributed by atoms with van der Waals surface area (Å²) in [6.45, 7) is 0.852. The fourth-order valence-electron chi connectivity index (χ4n) is 3.23. The van der Waals surface area contributed by atoms with Crippen molar-refractivity contribution in [1.29, 1.82) is 0 Å². The molecule has 3 rings (SSSR count). The number of benzene rings is 1. The molecule has 2 aromatic rings. The van der Waals surface area contributed by atoms with Crippen LogP contribution in [0.4, 0.5) is 0 Å². The molecule has 1 saturated carbocycles. The lowest BCUT2D eigenvalue weighted by atomic mass is 9.64. The predicted molar refractivity (Wildman–Crippen MR) is 90.7 cm³/mol. The highest BCUT2D eigenvalue weighted by atomic mass is 32.1. The fraction of sp³-hybridized carbons (Fsp3) is 0.389. The quantitative estimate of drug-likeness (QED) is 0.727. The van der Waals surface area contributed by atoms with Crippen molar-refractivity contribution in [3.8, 4) is 0 Å². The minimum atomic E-state index is -0.908. The highest BCUT2D eigenvalue weighted by Gasteiger charge is 2.44. The number of rotatable bonds is 7. The summed E-state index contributed by atoms with van der Waals surface area (Å²) >= 11 is 1.71. The first-order valence-corrected chi connectivity index (χ1v) is 8.72. The Hall–Kier alpha value is -1.69. The van der Waals surface area contributed by atoms with Gasteiger partial charge in [-0.3, -0.25) is 0 Å². The molecule has 4 nitrogen and oxygen atoms in total. The third-order valence-corrected chi connectivity index (χ3v) is 5.75. The summed E-state index contributed by atoms with van der Waals surface area (Å²) in [5.74, 6) is -0.908. The number of carbonyl (C=O) groups is 1. The summed E-state index contributed by atoms with van der Waals surface area (Å²) in [6, 6.07) is 11.2. The van der Waals surface area contributed by atoms with Crippen molar-refractivity contribution in [3.05, 3.63) is 57.8 Å². The Bertz CT molecular complexity index is 642. The summed E-state index contributed by atoms with van der Waals surface area (Å²) in [5, 5.41) is 24.5. The van der Waals surface area contributed by atoms with E-state index >= 15 is 0 Å². The van der Waals surface area contributed by atoms with Crippen LogP contribution in [-0.4, -0.2) is 22.8 Å². The molecule has 1 heterocycles. The third kappa shape index (κ3) is 3.32. The average Bonchev–Trinajstić information content (AvgIpc) is 3.04. The van der Waals surface area contributed by atoms with Crippen LogP contribution in [-0.2, 0) is 6.54 Å². The molecule has 1 aromatic carbocycles. The SMILES string of the molecule is O=C(O)c1ccc(CNC(c2cccs2)C2(CO)CCC2)cc1. The van der Waals surface area contributed by atoms with Gasteiger partial charge in [-0.15, -0.1) is 11.3 Å². The zero-order valence-electron chi connectivity index (χ0n) is 12.9. The Balaban J connectivity index is 1.73. The molecule has 1 unspecified atom stereocenters. The Labute approximate surface area is 139 Å². The van der Waals surface area contributed by atoms with Crippen molar-refractivity contribution in [1.82, 2.24) is 5.32 Å². The summed E-state index contributed by atoms with van der Waals surface area (Å²) in [5.41, 5.74) is 1.28. The van der Waals surface area contributed by atoms with Crippen LogP contribution in [0.15, 0.2) is 41.8 Å². The van der Waals surface area contributed by atoms with Crippen LogP contribution in [0.3, 0.4) is 0 Å². The minimum Gasteiger partial charge on any atom is -0.478 e. The highest BCUT2D eigenvalue weighted by Crippen LogP contribution is 2.50. The van der Waals surface area contributed by atoms with Gasteiger partial charge in [0.2, 0.25) is 0 Å². The zero-order chi connectivity index (χ0) is 16.3. The number of hydrogen-bond donors (Lipinski definition) is 3. The summed E-state index contributed by atoms with van der Waals surface area (Å²) in [6.07, 6.45) is 3.24. The molecule has 3 N–H and O–H groups in total. The number of aliphatic hydroxyl groups is 1. The Morgan fingerprint density at radius 1 is 1.26 bits per heavy atom. The molecule has 0 amide bonds. The average molecular weight is 331 g/mol. The maximum atomic E-state index is 10.9. The van der Waals surface area contributed by atoms with Crippen molar-refractivity contribution in [3.63, 3.8) is 0 Å². The van der Waals surface area contributed by atoms with Crippen LogP contribution < -0.4 is 5.32 Å². The van der Waals surface area contributed by atoms with Crippen LogP contribution in [0, 0.1) is 5.41 Å². The van der Waals surface area contributed by atoms with E-state index in [-0.39, 0.29) is 18.1 Å². The Kier molecular flexibility index (Phi) is 4.80. The van der Waals surface area contributed by atoms with E-state index in [9.17, 15) is 9.90 Å². The second-order valence-corrected chi connectivity index (χ2v) is 7.18. The summed E-state index contributed by atoms with van der Waals surface area (Å²) < 4.78 is 0. The van der Waals surface area contributed by atoms with Gasteiger partial charge in [-0.05, 0) is 42.0 Å². The standard InChI is InChI=1S/C18H21NO3S/c20-12-18(8-2-9-18)16(15-3-1-10-23-15)19-11-13-4-6-14(7-5-13)17(21)22/h1,3-7,10,16,19-20H,2,8-9,11-12H2,(H,21,22). The van der Waals surface area contributed by atoms with Crippen LogP contribution in [0.1, 0.15) is 46.1 Å². The van der Waals surface area contributed by atoms with Gasteiger partial charge in [0.15, 0.2) is 0 Å². The number of aromatic carboxylic acids is 1. The van der Waals surface area contributed by atoms with E-state index in [0.717, 1.165) is 24.8 Å². The van der Waals surface area contributed by atoms with E-state index < -0.39 is 5.97 Å². The van der Waals surface area contributed by atoms with E-state index in [4.69, 9.17) is 5.11 Å². The Morgan fingerprint density at radius 3 is 2.48 bits per heavy atom. The molecule has 0 spiro atoms. The summed E-state index contributed by atoms with van der Waals surface area (Å²) in [4.78, 5) is 12.2. The number of thiophene rings is 1. The van der Waals surface area contributed by atoms with Gasteiger partial charge in [-0.1, -0.05) is 24.6 Å². The lowest BCUT2D eigenvalue weighted by molar-refractivity contribution is 0.00577. The second-order valence-electron chi connectivity index (χ2n) is 6.21. The number of nitrogens with one attached hydrogen (secondary N) is 1. The lowest BCUT2D eigenvalue weighted by Crippen LogP contribution is -2.45. The van der Waals surface area contributed by atoms with Gasteiger partial charge in [0, 0.05) is 22.9 Å². The molecule has 1 atom stereocenters. The molecule has 0 bridgehead atoms. The summed E-state index contributed by atoms with van der Waals surface area (Å²) in [7, 11) is 0. The first-order chi connectivity index (χ1) is 11.1. The zero-order valence-corrected chi connectivity index (χ0v) is 13.7. The molecule has 122 valence electrons. The predicted octanol–water partition coefficient (Wildman–Crippen LogP) is 3.44. The van der Waals surface area contributed by atoms with E-state index in [2.05, 4.69) is 16.8 Å². The maximum absolute atomic E-state index is 10.9. The van der Waals surface area contributed by atoms with Gasteiger partial charge in [0.25, 0.3) is 0 Å². The third-order valence-electron chi connectivity index (χ3n) is 4.82. The smallest absolute Gasteiger partial charge is 0.335 e. The van der Waals surface area contributed by atoms with Gasteiger partial charge >= 0.3 is 5.97 Å². The molecule has 0 radical (unpaired) electrons. The largest absolute Gasteiger partial charge is 0.478 e. The molecule has 1 aromatic heterocycles. The number of carboxylic acid groups (broad SMARTS) is 1. The van der Waals surface area contributed by atoms with Crippen LogP contribution in [0.2, 0.25) is 0 Å². The van der Waals surface area contributed by atoms with Gasteiger partial charge in [-0.25, -0.2) is 4.79 Å². The van der Waals surface area contributed by atoms with Crippen LogP contribution in [0.5, 0.6) is 0 Å². The van der Waals surface area contributed by atoms with Crippen molar-refractivity contribution in [2.75, 3.05) is 6.61 Å². The molecule has 1 fully saturated rings. The van der Waals surface area contributed by atoms with E-state index in [1.807, 2.05) is 18.2 Å². The molecule has 0 saturated heterocycles. The number of aliphatic hydroxyl groups excluding tert-OH is 1. The topological polar surface area (TPSA) is 69.6 Å². The molecular formula is C18H21NO3S. The fourth-order valence-corrected chi connectivity index (χ4v) is 4.17. The van der Waals surface area contributed by atoms with Crippen molar-refractivity contribution < 1.29 is 15.0 Å². The number of hydrogen-bond acceptors (Lipinski definition) is 4. The first kappa shape index (κ1) is 16.2. The van der Waals surface area contributed by atoms with Gasteiger partial charge in [0.1, 0.15) is 0 Å². The minimum absolute atomic E-state index is 0.0636. The highest BCUT2D eigenvalue weighted by molar-refractivity contribution is 7.10. The van der Waals surface area contributed by atoms with Crippen LogP contribution >= 0.6 is 11.3 Å². The van der Waals surface area contributed by atoms with E-state index in [1.54, 1.807) is 23.5 Å². The van der Waals surface area contributed by atoms with Gasteiger partial charge in [-0.2, -0.15) is 0 Å². The molecule has 23 heavy (non-hydrogen) atoms. The maximum Gasteiger partial charge on any atom is 0.335 e. The van der Waals surface area contributed by atoms with Crippen molar-refractivity contribution in [2.45, 2.75) is 31.8 Å². The molecule has 5 heteroatoms. The lowest BCUT2D eigenvalue weighted by Gasteiger charge is -2.46. The van der Waals surface area contributed by atoms with Crippen molar-refractivity contribution in [2.24, 2.45) is 5.41 Å². The number of carboxylic acids is 1. The molecule has 1 aliphatic rings. The van der Waals surface area contributed by atoms with Gasteiger partial charge < -0.3 is 15.5 Å². The second kappa shape index (κ2) is 6.83. The van der Waals surface area contributed by atoms with Crippen LogP contribution in [0.25, 0.3) is 0 Å². The normalized spacial score (nSPS) is 17.4. The monoisotopic (exact) mass is 331 g/mol. The van der Waals surface area contributed by atoms with E-state index in [1.165, 1.54) is 4.88 Å². The molecule has 0 aliphatic heterocycles. The van der Waals surface area contributed by atoms with E-state index in [0.29, 0.717) is 12.1 Å². The molecular weight excluding hydrogens is 310 g/mol. The van der Waals surface area contributed by atoms with Crippen molar-refractivity contribution >= 4 is 17.3 Å².